The highest BCUT2D eigenvalue weighted by atomic mass is 16.5. The third-order valence-electron chi connectivity index (χ3n) is 3.46. The molecule has 2 atom stereocenters. The van der Waals surface area contributed by atoms with E-state index in [0.717, 1.165) is 11.3 Å². The molecule has 0 fully saturated rings. The molecule has 6 nitrogen and oxygen atoms in total. The lowest BCUT2D eigenvalue weighted by Gasteiger charge is -2.19. The predicted octanol–water partition coefficient (Wildman–Crippen LogP) is 3.06. The summed E-state index contributed by atoms with van der Waals surface area (Å²) in [6.07, 6.45) is 0. The standard InChI is InChI=1S/C17H23N3O3/c1-5-22-15-8-6-14(7-9-15)12(3)18-13(4)17(21)19-16-10-11(2)23-20-16/h6-10,12-13,18H,5H2,1-4H3,(H,19,20,21)/t12-,13-/m0/s1. The van der Waals surface area contributed by atoms with Crippen molar-refractivity contribution in [3.63, 3.8) is 0 Å². The highest BCUT2D eigenvalue weighted by Crippen LogP contribution is 2.18. The molecule has 1 amide bonds. The van der Waals surface area contributed by atoms with Crippen molar-refractivity contribution in [3.8, 4) is 5.75 Å². The van der Waals surface area contributed by atoms with Gasteiger partial charge in [-0.15, -0.1) is 0 Å². The van der Waals surface area contributed by atoms with E-state index in [1.54, 1.807) is 13.0 Å². The summed E-state index contributed by atoms with van der Waals surface area (Å²) in [7, 11) is 0. The fourth-order valence-electron chi connectivity index (χ4n) is 2.23. The quantitative estimate of drug-likeness (QED) is 0.821. The molecule has 6 heteroatoms. The van der Waals surface area contributed by atoms with Crippen molar-refractivity contribution in [1.82, 2.24) is 10.5 Å². The van der Waals surface area contributed by atoms with Gasteiger partial charge in [0.15, 0.2) is 5.82 Å². The molecule has 0 bridgehead atoms. The summed E-state index contributed by atoms with van der Waals surface area (Å²) < 4.78 is 10.4. The normalized spacial score (nSPS) is 13.4. The van der Waals surface area contributed by atoms with Crippen LogP contribution in [0.4, 0.5) is 5.82 Å². The molecule has 0 saturated carbocycles. The second kappa shape index (κ2) is 7.78. The van der Waals surface area contributed by atoms with Crippen LogP contribution in [0.2, 0.25) is 0 Å². The lowest BCUT2D eigenvalue weighted by atomic mass is 10.1. The average molecular weight is 317 g/mol. The molecule has 0 spiro atoms. The van der Waals surface area contributed by atoms with Crippen molar-refractivity contribution < 1.29 is 14.1 Å². The Labute approximate surface area is 136 Å². The average Bonchev–Trinajstić information content (AvgIpc) is 2.93. The number of amides is 1. The Balaban J connectivity index is 1.90. The molecular formula is C17H23N3O3. The van der Waals surface area contributed by atoms with Gasteiger partial charge in [0.25, 0.3) is 0 Å². The molecule has 124 valence electrons. The van der Waals surface area contributed by atoms with Crippen molar-refractivity contribution in [1.29, 1.82) is 0 Å². The second-order valence-electron chi connectivity index (χ2n) is 5.42. The maximum absolute atomic E-state index is 12.2. The molecular weight excluding hydrogens is 294 g/mol. The molecule has 0 radical (unpaired) electrons. The maximum atomic E-state index is 12.2. The largest absolute Gasteiger partial charge is 0.494 e. The Bertz CT molecular complexity index is 637. The maximum Gasteiger partial charge on any atom is 0.242 e. The van der Waals surface area contributed by atoms with E-state index in [1.165, 1.54) is 0 Å². The molecule has 0 unspecified atom stereocenters. The molecule has 2 N–H and O–H groups in total. The van der Waals surface area contributed by atoms with Gasteiger partial charge in [-0.3, -0.25) is 10.1 Å². The van der Waals surface area contributed by atoms with E-state index in [2.05, 4.69) is 15.8 Å². The number of anilines is 1. The topological polar surface area (TPSA) is 76.4 Å². The molecule has 2 rings (SSSR count). The van der Waals surface area contributed by atoms with Gasteiger partial charge in [-0.2, -0.15) is 0 Å². The van der Waals surface area contributed by atoms with Gasteiger partial charge in [-0.05, 0) is 45.4 Å². The van der Waals surface area contributed by atoms with Gasteiger partial charge in [0.2, 0.25) is 5.91 Å². The van der Waals surface area contributed by atoms with Gasteiger partial charge in [-0.1, -0.05) is 17.3 Å². The number of ether oxygens (including phenoxy) is 1. The molecule has 1 aromatic carbocycles. The van der Waals surface area contributed by atoms with Crippen LogP contribution in [0.25, 0.3) is 0 Å². The summed E-state index contributed by atoms with van der Waals surface area (Å²) in [5.41, 5.74) is 1.09. The van der Waals surface area contributed by atoms with Gasteiger partial charge in [0.1, 0.15) is 11.5 Å². The van der Waals surface area contributed by atoms with Crippen molar-refractivity contribution >= 4 is 11.7 Å². The number of benzene rings is 1. The first-order chi connectivity index (χ1) is 11.0. The first-order valence-electron chi connectivity index (χ1n) is 7.72. The van der Waals surface area contributed by atoms with Gasteiger partial charge in [0, 0.05) is 12.1 Å². The number of nitrogens with zero attached hydrogens (tertiary/aromatic N) is 1. The Hall–Kier alpha value is -2.34. The Morgan fingerprint density at radius 1 is 1.30 bits per heavy atom. The third kappa shape index (κ3) is 4.82. The van der Waals surface area contributed by atoms with Crippen molar-refractivity contribution in [2.75, 3.05) is 11.9 Å². The number of hydrogen-bond acceptors (Lipinski definition) is 5. The molecule has 0 aliphatic rings. The van der Waals surface area contributed by atoms with Gasteiger partial charge in [-0.25, -0.2) is 0 Å². The fraction of sp³-hybridized carbons (Fsp3) is 0.412. The minimum Gasteiger partial charge on any atom is -0.494 e. The minimum absolute atomic E-state index is 0.0328. The van der Waals surface area contributed by atoms with Crippen molar-refractivity contribution in [2.45, 2.75) is 39.8 Å². The summed E-state index contributed by atoms with van der Waals surface area (Å²) in [6, 6.07) is 9.20. The number of rotatable bonds is 7. The van der Waals surface area contributed by atoms with Crippen molar-refractivity contribution in [2.24, 2.45) is 0 Å². The fourth-order valence-corrected chi connectivity index (χ4v) is 2.23. The molecule has 0 aliphatic heterocycles. The van der Waals surface area contributed by atoms with Gasteiger partial charge in [0.05, 0.1) is 12.6 Å². The van der Waals surface area contributed by atoms with Crippen molar-refractivity contribution in [3.05, 3.63) is 41.7 Å². The Morgan fingerprint density at radius 3 is 2.57 bits per heavy atom. The molecule has 1 heterocycles. The first kappa shape index (κ1) is 17.0. The molecule has 1 aromatic heterocycles. The van der Waals surface area contributed by atoms with E-state index in [9.17, 15) is 4.79 Å². The van der Waals surface area contributed by atoms with E-state index in [0.29, 0.717) is 18.2 Å². The van der Waals surface area contributed by atoms with Crippen LogP contribution in [0.1, 0.15) is 38.1 Å². The van der Waals surface area contributed by atoms with E-state index >= 15 is 0 Å². The summed E-state index contributed by atoms with van der Waals surface area (Å²) in [5, 5.41) is 9.74. The minimum atomic E-state index is -0.367. The zero-order chi connectivity index (χ0) is 16.8. The summed E-state index contributed by atoms with van der Waals surface area (Å²) in [6.45, 7) is 8.20. The molecule has 0 saturated heterocycles. The third-order valence-corrected chi connectivity index (χ3v) is 3.46. The Morgan fingerprint density at radius 2 is 2.00 bits per heavy atom. The van der Waals surface area contributed by atoms with Gasteiger partial charge < -0.3 is 14.6 Å². The van der Waals surface area contributed by atoms with E-state index in [-0.39, 0.29) is 18.0 Å². The number of carbonyl (C=O) groups is 1. The SMILES string of the molecule is CCOc1ccc([C@H](C)N[C@@H](C)C(=O)Nc2cc(C)on2)cc1. The van der Waals surface area contributed by atoms with Crippen LogP contribution in [-0.2, 0) is 4.79 Å². The van der Waals surface area contributed by atoms with Gasteiger partial charge >= 0.3 is 0 Å². The molecule has 23 heavy (non-hydrogen) atoms. The number of carbonyl (C=O) groups excluding carboxylic acids is 1. The summed E-state index contributed by atoms with van der Waals surface area (Å²) in [5.74, 6) is 1.77. The van der Waals surface area contributed by atoms with Crippen LogP contribution >= 0.6 is 0 Å². The van der Waals surface area contributed by atoms with Crippen LogP contribution < -0.4 is 15.4 Å². The summed E-state index contributed by atoms with van der Waals surface area (Å²) >= 11 is 0. The smallest absolute Gasteiger partial charge is 0.242 e. The van der Waals surface area contributed by atoms with Crippen LogP contribution in [0, 0.1) is 6.92 Å². The molecule has 2 aromatic rings. The van der Waals surface area contributed by atoms with Crippen LogP contribution in [-0.4, -0.2) is 23.7 Å². The number of aryl methyl sites for hydroxylation is 1. The predicted molar refractivity (Wildman–Crippen MR) is 88.5 cm³/mol. The van der Waals surface area contributed by atoms with Crippen LogP contribution in [0.15, 0.2) is 34.9 Å². The van der Waals surface area contributed by atoms with E-state index in [1.807, 2.05) is 45.0 Å². The first-order valence-corrected chi connectivity index (χ1v) is 7.72. The zero-order valence-electron chi connectivity index (χ0n) is 13.9. The highest BCUT2D eigenvalue weighted by Gasteiger charge is 2.17. The summed E-state index contributed by atoms with van der Waals surface area (Å²) in [4.78, 5) is 12.2. The Kier molecular flexibility index (Phi) is 5.76. The molecule has 0 aliphatic carbocycles. The monoisotopic (exact) mass is 317 g/mol. The lowest BCUT2D eigenvalue weighted by Crippen LogP contribution is -2.39. The number of nitrogens with one attached hydrogen (secondary N) is 2. The lowest BCUT2D eigenvalue weighted by molar-refractivity contribution is -0.118. The van der Waals surface area contributed by atoms with E-state index in [4.69, 9.17) is 9.26 Å². The van der Waals surface area contributed by atoms with Crippen LogP contribution in [0.3, 0.4) is 0 Å². The zero-order valence-corrected chi connectivity index (χ0v) is 13.9. The number of hydrogen-bond donors (Lipinski definition) is 2. The van der Waals surface area contributed by atoms with Crippen LogP contribution in [0.5, 0.6) is 5.75 Å². The number of aromatic nitrogens is 1. The van der Waals surface area contributed by atoms with E-state index < -0.39 is 0 Å². The highest BCUT2D eigenvalue weighted by molar-refractivity contribution is 5.93. The second-order valence-corrected chi connectivity index (χ2v) is 5.42.